The van der Waals surface area contributed by atoms with Crippen LogP contribution in [0.25, 0.3) is 0 Å². The van der Waals surface area contributed by atoms with Crippen molar-refractivity contribution in [3.05, 3.63) is 24.3 Å². The second kappa shape index (κ2) is 8.26. The zero-order chi connectivity index (χ0) is 16.6. The van der Waals surface area contributed by atoms with Crippen LogP contribution < -0.4 is 20.3 Å². The first-order valence-electron chi connectivity index (χ1n) is 7.24. The molecular weight excluding hydrogens is 284 g/mol. The Morgan fingerprint density at radius 2 is 1.55 bits per heavy atom. The summed E-state index contributed by atoms with van der Waals surface area (Å²) < 4.78 is 10.8. The molecule has 1 aromatic carbocycles. The van der Waals surface area contributed by atoms with E-state index in [2.05, 4.69) is 10.9 Å². The van der Waals surface area contributed by atoms with E-state index in [1.165, 1.54) is 0 Å². The van der Waals surface area contributed by atoms with Gasteiger partial charge in [-0.15, -0.1) is 0 Å². The molecule has 0 radical (unpaired) electrons. The van der Waals surface area contributed by atoms with Crippen molar-refractivity contribution in [3.63, 3.8) is 0 Å². The number of nitrogens with one attached hydrogen (secondary N) is 2. The fraction of sp³-hybridized carbons (Fsp3) is 0.500. The number of para-hydroxylation sites is 2. The van der Waals surface area contributed by atoms with Gasteiger partial charge in [0, 0.05) is 6.42 Å². The van der Waals surface area contributed by atoms with Crippen molar-refractivity contribution in [1.82, 2.24) is 10.9 Å². The number of benzene rings is 1. The van der Waals surface area contributed by atoms with Gasteiger partial charge in [-0.05, 0) is 24.5 Å². The summed E-state index contributed by atoms with van der Waals surface area (Å²) in [6.07, 6.45) is 0.321. The highest BCUT2D eigenvalue weighted by Gasteiger charge is 2.16. The molecule has 0 saturated carbocycles. The van der Waals surface area contributed by atoms with Crippen molar-refractivity contribution in [2.24, 2.45) is 5.41 Å². The second-order valence-electron chi connectivity index (χ2n) is 6.00. The van der Waals surface area contributed by atoms with Gasteiger partial charge in [-0.2, -0.15) is 0 Å². The summed E-state index contributed by atoms with van der Waals surface area (Å²) in [5.74, 6) is 0.388. The topological polar surface area (TPSA) is 76.7 Å². The van der Waals surface area contributed by atoms with Gasteiger partial charge in [-0.25, -0.2) is 0 Å². The third-order valence-electron chi connectivity index (χ3n) is 2.54. The quantitative estimate of drug-likeness (QED) is 0.789. The van der Waals surface area contributed by atoms with Gasteiger partial charge in [0.15, 0.2) is 18.1 Å². The molecule has 6 heteroatoms. The van der Waals surface area contributed by atoms with Gasteiger partial charge < -0.3 is 9.47 Å². The lowest BCUT2D eigenvalue weighted by Crippen LogP contribution is -2.44. The van der Waals surface area contributed by atoms with Crippen LogP contribution in [0, 0.1) is 5.41 Å². The molecule has 0 aliphatic carbocycles. The Hall–Kier alpha value is -2.24. The van der Waals surface area contributed by atoms with E-state index in [1.807, 2.05) is 33.8 Å². The molecule has 0 aromatic heterocycles. The van der Waals surface area contributed by atoms with Gasteiger partial charge in [-0.3, -0.25) is 20.4 Å². The molecule has 2 N–H and O–H groups in total. The molecule has 0 bridgehead atoms. The number of amides is 2. The Balaban J connectivity index is 2.39. The maximum Gasteiger partial charge on any atom is 0.276 e. The smallest absolute Gasteiger partial charge is 0.276 e. The van der Waals surface area contributed by atoms with Crippen molar-refractivity contribution < 1.29 is 19.1 Å². The van der Waals surface area contributed by atoms with E-state index < -0.39 is 5.91 Å². The van der Waals surface area contributed by atoms with Crippen molar-refractivity contribution >= 4 is 11.8 Å². The first-order valence-corrected chi connectivity index (χ1v) is 7.24. The van der Waals surface area contributed by atoms with Crippen LogP contribution in [0.4, 0.5) is 0 Å². The Morgan fingerprint density at radius 1 is 1.00 bits per heavy atom. The van der Waals surface area contributed by atoms with E-state index in [1.54, 1.807) is 18.2 Å². The molecule has 0 atom stereocenters. The maximum atomic E-state index is 11.7. The van der Waals surface area contributed by atoms with Gasteiger partial charge in [0.05, 0.1) is 6.61 Å². The Labute approximate surface area is 131 Å². The zero-order valence-corrected chi connectivity index (χ0v) is 13.6. The van der Waals surface area contributed by atoms with Gasteiger partial charge in [0.1, 0.15) is 0 Å². The predicted octanol–water partition coefficient (Wildman–Crippen LogP) is 2.05. The molecule has 1 rings (SSSR count). The van der Waals surface area contributed by atoms with E-state index in [4.69, 9.17) is 9.47 Å². The van der Waals surface area contributed by atoms with Crippen LogP contribution >= 0.6 is 0 Å². The largest absolute Gasteiger partial charge is 0.490 e. The minimum atomic E-state index is -0.437. The number of ether oxygens (including phenoxy) is 2. The van der Waals surface area contributed by atoms with Gasteiger partial charge in [0.2, 0.25) is 5.91 Å². The molecule has 0 aliphatic rings. The number of carbonyl (C=O) groups is 2. The van der Waals surface area contributed by atoms with Crippen LogP contribution in [0.5, 0.6) is 11.5 Å². The number of carbonyl (C=O) groups excluding carboxylic acids is 2. The van der Waals surface area contributed by atoms with E-state index in [0.29, 0.717) is 24.5 Å². The molecule has 0 spiro atoms. The van der Waals surface area contributed by atoms with Crippen LogP contribution in [-0.2, 0) is 9.59 Å². The van der Waals surface area contributed by atoms with Crippen LogP contribution in [0.1, 0.15) is 34.1 Å². The third kappa shape index (κ3) is 6.97. The Morgan fingerprint density at radius 3 is 2.09 bits per heavy atom. The molecule has 6 nitrogen and oxygen atoms in total. The SMILES string of the molecule is CCOc1ccccc1OCC(=O)NNC(=O)CC(C)(C)C. The van der Waals surface area contributed by atoms with Gasteiger partial charge in [-0.1, -0.05) is 32.9 Å². The summed E-state index contributed by atoms with van der Waals surface area (Å²) in [7, 11) is 0. The summed E-state index contributed by atoms with van der Waals surface area (Å²) >= 11 is 0. The Kier molecular flexibility index (Phi) is 6.69. The zero-order valence-electron chi connectivity index (χ0n) is 13.6. The number of hydrazine groups is 1. The van der Waals surface area contributed by atoms with Crippen LogP contribution in [0.3, 0.4) is 0 Å². The number of hydrogen-bond donors (Lipinski definition) is 2. The van der Waals surface area contributed by atoms with Gasteiger partial charge in [0.25, 0.3) is 5.91 Å². The summed E-state index contributed by atoms with van der Waals surface area (Å²) in [6.45, 7) is 8.01. The highest BCUT2D eigenvalue weighted by atomic mass is 16.5. The van der Waals surface area contributed by atoms with Crippen molar-refractivity contribution in [2.75, 3.05) is 13.2 Å². The minimum Gasteiger partial charge on any atom is -0.490 e. The fourth-order valence-electron chi connectivity index (χ4n) is 1.69. The van der Waals surface area contributed by atoms with E-state index in [9.17, 15) is 9.59 Å². The normalized spacial score (nSPS) is 10.7. The Bertz CT molecular complexity index is 509. The molecule has 0 unspecified atom stereocenters. The molecule has 0 fully saturated rings. The lowest BCUT2D eigenvalue weighted by Gasteiger charge is -2.17. The van der Waals surface area contributed by atoms with Crippen molar-refractivity contribution in [1.29, 1.82) is 0 Å². The van der Waals surface area contributed by atoms with Crippen LogP contribution in [-0.4, -0.2) is 25.0 Å². The molecular formula is C16H24N2O4. The lowest BCUT2D eigenvalue weighted by atomic mass is 9.92. The summed E-state index contributed by atoms with van der Waals surface area (Å²) in [5, 5.41) is 0. The summed E-state index contributed by atoms with van der Waals surface area (Å²) in [4.78, 5) is 23.3. The first kappa shape index (κ1) is 17.8. The predicted molar refractivity (Wildman–Crippen MR) is 83.5 cm³/mol. The maximum absolute atomic E-state index is 11.7. The van der Waals surface area contributed by atoms with Crippen molar-refractivity contribution in [3.8, 4) is 11.5 Å². The summed E-state index contributed by atoms with van der Waals surface area (Å²) in [5.41, 5.74) is 4.55. The molecule has 1 aromatic rings. The fourth-order valence-corrected chi connectivity index (χ4v) is 1.69. The number of hydrogen-bond acceptors (Lipinski definition) is 4. The monoisotopic (exact) mass is 308 g/mol. The molecule has 122 valence electrons. The van der Waals surface area contributed by atoms with E-state index in [-0.39, 0.29) is 17.9 Å². The number of rotatable bonds is 6. The highest BCUT2D eigenvalue weighted by Crippen LogP contribution is 2.26. The third-order valence-corrected chi connectivity index (χ3v) is 2.54. The minimum absolute atomic E-state index is 0.137. The molecule has 22 heavy (non-hydrogen) atoms. The molecule has 0 heterocycles. The highest BCUT2D eigenvalue weighted by molar-refractivity contribution is 5.83. The van der Waals surface area contributed by atoms with Crippen molar-refractivity contribution in [2.45, 2.75) is 34.1 Å². The second-order valence-corrected chi connectivity index (χ2v) is 6.00. The standard InChI is InChI=1S/C16H24N2O4/c1-5-21-12-8-6-7-9-13(12)22-11-15(20)18-17-14(19)10-16(2,3)4/h6-9H,5,10-11H2,1-4H3,(H,17,19)(H,18,20). The van der Waals surface area contributed by atoms with Gasteiger partial charge >= 0.3 is 0 Å². The summed E-state index contributed by atoms with van der Waals surface area (Å²) in [6, 6.07) is 7.10. The molecule has 0 saturated heterocycles. The van der Waals surface area contributed by atoms with E-state index >= 15 is 0 Å². The average molecular weight is 308 g/mol. The first-order chi connectivity index (χ1) is 10.3. The van der Waals surface area contributed by atoms with Crippen LogP contribution in [0.15, 0.2) is 24.3 Å². The van der Waals surface area contributed by atoms with Crippen LogP contribution in [0.2, 0.25) is 0 Å². The molecule has 0 aliphatic heterocycles. The lowest BCUT2D eigenvalue weighted by molar-refractivity contribution is -0.130. The molecule has 2 amide bonds. The average Bonchev–Trinajstić information content (AvgIpc) is 2.43. The van der Waals surface area contributed by atoms with E-state index in [0.717, 1.165) is 0 Å².